The van der Waals surface area contributed by atoms with Gasteiger partial charge in [-0.3, -0.25) is 0 Å². The zero-order chi connectivity index (χ0) is 10.7. The minimum atomic E-state index is 0.291. The van der Waals surface area contributed by atoms with E-state index in [2.05, 4.69) is 28.9 Å². The van der Waals surface area contributed by atoms with E-state index in [-0.39, 0.29) is 0 Å². The molecule has 1 atom stereocenters. The first-order chi connectivity index (χ1) is 7.35. The molecule has 0 fully saturated rings. The Morgan fingerprint density at radius 2 is 2.20 bits per heavy atom. The second kappa shape index (κ2) is 4.79. The molecule has 15 heavy (non-hydrogen) atoms. The molecule has 0 aliphatic carbocycles. The van der Waals surface area contributed by atoms with E-state index < -0.39 is 0 Å². The quantitative estimate of drug-likeness (QED) is 0.885. The van der Waals surface area contributed by atoms with E-state index >= 15 is 0 Å². The fourth-order valence-corrected chi connectivity index (χ4v) is 3.38. The highest BCUT2D eigenvalue weighted by atomic mass is 32.1. The molecule has 0 radical (unpaired) electrons. The molecular formula is C11H13NOS2. The molecule has 0 aromatic carbocycles. The van der Waals surface area contributed by atoms with Gasteiger partial charge in [-0.25, -0.2) is 0 Å². The lowest BCUT2D eigenvalue weighted by Crippen LogP contribution is -2.14. The van der Waals surface area contributed by atoms with Crippen LogP contribution < -0.4 is 10.1 Å². The van der Waals surface area contributed by atoms with Crippen molar-refractivity contribution in [2.24, 2.45) is 0 Å². The molecule has 0 aliphatic heterocycles. The smallest absolute Gasteiger partial charge is 0.129 e. The molecule has 0 aliphatic rings. The molecular weight excluding hydrogens is 226 g/mol. The second-order valence-corrected chi connectivity index (χ2v) is 5.05. The van der Waals surface area contributed by atoms with Crippen LogP contribution in [0.15, 0.2) is 29.0 Å². The average molecular weight is 239 g/mol. The van der Waals surface area contributed by atoms with Crippen molar-refractivity contribution in [1.82, 2.24) is 5.32 Å². The Balaban J connectivity index is 2.27. The van der Waals surface area contributed by atoms with Crippen LogP contribution in [0.3, 0.4) is 0 Å². The van der Waals surface area contributed by atoms with Crippen molar-refractivity contribution in [3.8, 4) is 5.75 Å². The van der Waals surface area contributed by atoms with Crippen LogP contribution in [0, 0.1) is 0 Å². The summed E-state index contributed by atoms with van der Waals surface area (Å²) >= 11 is 3.49. The van der Waals surface area contributed by atoms with Crippen molar-refractivity contribution in [2.75, 3.05) is 14.2 Å². The SMILES string of the molecule is CNC(c1cccs1)c1cc(OC)cs1. The van der Waals surface area contributed by atoms with Crippen molar-refractivity contribution >= 4 is 22.7 Å². The predicted molar refractivity (Wildman–Crippen MR) is 66.1 cm³/mol. The van der Waals surface area contributed by atoms with Gasteiger partial charge in [0.25, 0.3) is 0 Å². The molecule has 0 saturated carbocycles. The van der Waals surface area contributed by atoms with Gasteiger partial charge >= 0.3 is 0 Å². The van der Waals surface area contributed by atoms with Crippen LogP contribution in [0.5, 0.6) is 5.75 Å². The number of methoxy groups -OCH3 is 1. The maximum absolute atomic E-state index is 5.19. The number of rotatable bonds is 4. The molecule has 2 nitrogen and oxygen atoms in total. The van der Waals surface area contributed by atoms with E-state index in [0.717, 1.165) is 5.75 Å². The van der Waals surface area contributed by atoms with Crippen LogP contribution in [0.25, 0.3) is 0 Å². The Bertz CT molecular complexity index is 408. The van der Waals surface area contributed by atoms with Crippen LogP contribution in [0.2, 0.25) is 0 Å². The van der Waals surface area contributed by atoms with Gasteiger partial charge in [-0.15, -0.1) is 22.7 Å². The van der Waals surface area contributed by atoms with Crippen LogP contribution in [-0.2, 0) is 0 Å². The van der Waals surface area contributed by atoms with Crippen molar-refractivity contribution in [2.45, 2.75) is 6.04 Å². The molecule has 2 aromatic heterocycles. The van der Waals surface area contributed by atoms with Crippen molar-refractivity contribution in [3.05, 3.63) is 38.7 Å². The first-order valence-electron chi connectivity index (χ1n) is 4.68. The van der Waals surface area contributed by atoms with Crippen LogP contribution in [0.4, 0.5) is 0 Å². The van der Waals surface area contributed by atoms with E-state index in [1.165, 1.54) is 9.75 Å². The maximum Gasteiger partial charge on any atom is 0.129 e. The van der Waals surface area contributed by atoms with Crippen LogP contribution >= 0.6 is 22.7 Å². The van der Waals surface area contributed by atoms with E-state index in [1.54, 1.807) is 29.8 Å². The summed E-state index contributed by atoms with van der Waals surface area (Å²) in [6, 6.07) is 6.61. The van der Waals surface area contributed by atoms with Gasteiger partial charge in [-0.1, -0.05) is 6.07 Å². The molecule has 0 amide bonds. The fourth-order valence-electron chi connectivity index (χ4n) is 1.47. The number of hydrogen-bond donors (Lipinski definition) is 1. The van der Waals surface area contributed by atoms with E-state index in [9.17, 15) is 0 Å². The lowest BCUT2D eigenvalue weighted by Gasteiger charge is -2.11. The summed E-state index contributed by atoms with van der Waals surface area (Å²) in [5.74, 6) is 0.937. The first kappa shape index (κ1) is 10.7. The van der Waals surface area contributed by atoms with Gasteiger partial charge in [0.15, 0.2) is 0 Å². The first-order valence-corrected chi connectivity index (χ1v) is 6.44. The zero-order valence-electron chi connectivity index (χ0n) is 8.69. The molecule has 2 heterocycles. The lowest BCUT2D eigenvalue weighted by molar-refractivity contribution is 0.416. The van der Waals surface area contributed by atoms with E-state index in [1.807, 2.05) is 12.4 Å². The summed E-state index contributed by atoms with van der Waals surface area (Å²) in [7, 11) is 3.68. The van der Waals surface area contributed by atoms with Gasteiger partial charge in [-0.05, 0) is 24.6 Å². The summed E-state index contributed by atoms with van der Waals surface area (Å²) in [6.07, 6.45) is 0. The summed E-state index contributed by atoms with van der Waals surface area (Å²) in [5, 5.41) is 7.46. The van der Waals surface area contributed by atoms with Crippen molar-refractivity contribution < 1.29 is 4.74 Å². The summed E-state index contributed by atoms with van der Waals surface area (Å²) in [4.78, 5) is 2.62. The summed E-state index contributed by atoms with van der Waals surface area (Å²) in [5.41, 5.74) is 0. The topological polar surface area (TPSA) is 21.3 Å². The molecule has 4 heteroatoms. The number of nitrogens with one attached hydrogen (secondary N) is 1. The third kappa shape index (κ3) is 2.22. The molecule has 0 saturated heterocycles. The van der Waals surface area contributed by atoms with Crippen LogP contribution in [-0.4, -0.2) is 14.2 Å². The monoisotopic (exact) mass is 239 g/mol. The van der Waals surface area contributed by atoms with Gasteiger partial charge in [0.05, 0.1) is 13.2 Å². The highest BCUT2D eigenvalue weighted by Crippen LogP contribution is 2.32. The average Bonchev–Trinajstić information content (AvgIpc) is 2.89. The van der Waals surface area contributed by atoms with E-state index in [4.69, 9.17) is 4.74 Å². The minimum Gasteiger partial charge on any atom is -0.496 e. The van der Waals surface area contributed by atoms with Crippen molar-refractivity contribution in [1.29, 1.82) is 0 Å². The van der Waals surface area contributed by atoms with Crippen molar-refractivity contribution in [3.63, 3.8) is 0 Å². The molecule has 80 valence electrons. The van der Waals surface area contributed by atoms with Gasteiger partial charge < -0.3 is 10.1 Å². The molecule has 1 N–H and O–H groups in total. The Kier molecular flexibility index (Phi) is 3.41. The normalized spacial score (nSPS) is 12.7. The van der Waals surface area contributed by atoms with Gasteiger partial charge in [-0.2, -0.15) is 0 Å². The highest BCUT2D eigenvalue weighted by molar-refractivity contribution is 7.11. The zero-order valence-corrected chi connectivity index (χ0v) is 10.3. The molecule has 2 aromatic rings. The summed E-state index contributed by atoms with van der Waals surface area (Å²) < 4.78 is 5.19. The number of hydrogen-bond acceptors (Lipinski definition) is 4. The Morgan fingerprint density at radius 3 is 2.73 bits per heavy atom. The number of ether oxygens (including phenoxy) is 1. The predicted octanol–water partition coefficient (Wildman–Crippen LogP) is 3.13. The highest BCUT2D eigenvalue weighted by Gasteiger charge is 2.15. The molecule has 2 rings (SSSR count). The van der Waals surface area contributed by atoms with Gasteiger partial charge in [0, 0.05) is 15.1 Å². The minimum absolute atomic E-state index is 0.291. The fraction of sp³-hybridized carbons (Fsp3) is 0.273. The van der Waals surface area contributed by atoms with Crippen LogP contribution in [0.1, 0.15) is 15.8 Å². The number of thiophene rings is 2. The lowest BCUT2D eigenvalue weighted by atomic mass is 10.2. The third-order valence-corrected chi connectivity index (χ3v) is 4.15. The van der Waals surface area contributed by atoms with Gasteiger partial charge in [0.1, 0.15) is 5.75 Å². The van der Waals surface area contributed by atoms with Gasteiger partial charge in [0.2, 0.25) is 0 Å². The van der Waals surface area contributed by atoms with E-state index in [0.29, 0.717) is 6.04 Å². The molecule has 0 bridgehead atoms. The third-order valence-electron chi connectivity index (χ3n) is 2.23. The summed E-state index contributed by atoms with van der Waals surface area (Å²) in [6.45, 7) is 0. The second-order valence-electron chi connectivity index (χ2n) is 3.13. The Hall–Kier alpha value is -0.840. The Morgan fingerprint density at radius 1 is 1.33 bits per heavy atom. The molecule has 1 unspecified atom stereocenters. The Labute approximate surface area is 97.5 Å². The molecule has 0 spiro atoms. The standard InChI is InChI=1S/C11H13NOS2/c1-12-11(9-4-3-5-14-9)10-6-8(13-2)7-15-10/h3-7,11-12H,1-2H3. The largest absolute Gasteiger partial charge is 0.496 e. The maximum atomic E-state index is 5.19.